The van der Waals surface area contributed by atoms with Crippen LogP contribution in [-0.4, -0.2) is 37.5 Å². The average molecular weight is 256 g/mol. The van der Waals surface area contributed by atoms with Crippen molar-refractivity contribution in [3.05, 3.63) is 29.8 Å². The molecule has 0 unspecified atom stereocenters. The minimum absolute atomic E-state index is 0.695. The smallest absolute Gasteiger partial charge is 0.394 e. The van der Waals surface area contributed by atoms with Crippen LogP contribution in [0, 0.1) is 0 Å². The normalized spacial score (nSPS) is 12.2. The van der Waals surface area contributed by atoms with Crippen molar-refractivity contribution in [2.75, 3.05) is 28.2 Å². The molecule has 5 heteroatoms. The zero-order valence-corrected chi connectivity index (χ0v) is 12.1. The summed E-state index contributed by atoms with van der Waals surface area (Å²) < 4.78 is 21.7. The van der Waals surface area contributed by atoms with Crippen LogP contribution in [0.3, 0.4) is 0 Å². The van der Waals surface area contributed by atoms with Gasteiger partial charge in [-0.1, -0.05) is 25.1 Å². The van der Waals surface area contributed by atoms with E-state index >= 15 is 0 Å². The molecule has 0 aromatic heterocycles. The lowest BCUT2D eigenvalue weighted by Gasteiger charge is -2.30. The molecule has 0 N–H and O–H groups in total. The molecule has 0 atom stereocenters. The quantitative estimate of drug-likeness (QED) is 0.758. The standard InChI is InChI=1S/C12H21N2O2P/c1-6-11-9-7-8-10-12(11)16-17(15,13(2)3)14(4)5/h7-10H,6H2,1-5H3. The van der Waals surface area contributed by atoms with Crippen molar-refractivity contribution in [1.82, 2.24) is 9.34 Å². The Morgan fingerprint density at radius 2 is 1.65 bits per heavy atom. The van der Waals surface area contributed by atoms with E-state index in [9.17, 15) is 4.57 Å². The van der Waals surface area contributed by atoms with E-state index in [2.05, 4.69) is 6.92 Å². The topological polar surface area (TPSA) is 32.8 Å². The van der Waals surface area contributed by atoms with E-state index < -0.39 is 7.67 Å². The van der Waals surface area contributed by atoms with Gasteiger partial charge in [0.1, 0.15) is 5.75 Å². The van der Waals surface area contributed by atoms with Crippen LogP contribution < -0.4 is 4.52 Å². The van der Waals surface area contributed by atoms with Crippen molar-refractivity contribution >= 4 is 7.67 Å². The van der Waals surface area contributed by atoms with Crippen molar-refractivity contribution in [3.63, 3.8) is 0 Å². The van der Waals surface area contributed by atoms with Crippen molar-refractivity contribution < 1.29 is 9.09 Å². The molecule has 0 saturated carbocycles. The van der Waals surface area contributed by atoms with Crippen LogP contribution in [0.25, 0.3) is 0 Å². The molecule has 0 radical (unpaired) electrons. The van der Waals surface area contributed by atoms with Gasteiger partial charge in [-0.3, -0.25) is 0 Å². The van der Waals surface area contributed by atoms with E-state index in [4.69, 9.17) is 4.52 Å². The summed E-state index contributed by atoms with van der Waals surface area (Å²) in [5, 5.41) is 0. The molecule has 0 aliphatic heterocycles. The number of hydrogen-bond acceptors (Lipinski definition) is 2. The Bertz CT molecular complexity index is 407. The van der Waals surface area contributed by atoms with Gasteiger partial charge in [0.25, 0.3) is 0 Å². The lowest BCUT2D eigenvalue weighted by Crippen LogP contribution is -2.24. The van der Waals surface area contributed by atoms with Crippen molar-refractivity contribution in [2.45, 2.75) is 13.3 Å². The summed E-state index contributed by atoms with van der Waals surface area (Å²) in [6.45, 7) is 2.05. The number of para-hydroxylation sites is 1. The highest BCUT2D eigenvalue weighted by atomic mass is 31.2. The Kier molecular flexibility index (Phi) is 4.75. The molecule has 1 aromatic rings. The van der Waals surface area contributed by atoms with E-state index in [-0.39, 0.29) is 0 Å². The fraction of sp³-hybridized carbons (Fsp3) is 0.500. The molecule has 0 aliphatic rings. The molecule has 1 aromatic carbocycles. The van der Waals surface area contributed by atoms with Gasteiger partial charge in [0.2, 0.25) is 0 Å². The first-order valence-electron chi connectivity index (χ1n) is 5.65. The SMILES string of the molecule is CCc1ccccc1OP(=O)(N(C)C)N(C)C. The third-order valence-electron chi connectivity index (χ3n) is 2.58. The summed E-state index contributed by atoms with van der Waals surface area (Å²) in [5.41, 5.74) is 1.07. The predicted octanol–water partition coefficient (Wildman–Crippen LogP) is 2.86. The van der Waals surface area contributed by atoms with E-state index in [1.807, 2.05) is 24.3 Å². The fourth-order valence-electron chi connectivity index (χ4n) is 1.53. The minimum atomic E-state index is -2.96. The summed E-state index contributed by atoms with van der Waals surface area (Å²) in [6.07, 6.45) is 0.858. The number of nitrogens with zero attached hydrogens (tertiary/aromatic N) is 2. The molecule has 0 spiro atoms. The van der Waals surface area contributed by atoms with E-state index in [0.717, 1.165) is 12.0 Å². The summed E-state index contributed by atoms with van der Waals surface area (Å²) in [6, 6.07) is 7.70. The van der Waals surface area contributed by atoms with Gasteiger partial charge in [-0.25, -0.2) is 13.9 Å². The molecule has 4 nitrogen and oxygen atoms in total. The van der Waals surface area contributed by atoms with Crippen molar-refractivity contribution in [1.29, 1.82) is 0 Å². The van der Waals surface area contributed by atoms with Crippen LogP contribution in [0.15, 0.2) is 24.3 Å². The molecule has 96 valence electrons. The first-order valence-corrected chi connectivity index (χ1v) is 7.18. The third kappa shape index (κ3) is 3.09. The van der Waals surface area contributed by atoms with Crippen LogP contribution in [0.1, 0.15) is 12.5 Å². The monoisotopic (exact) mass is 256 g/mol. The molecular weight excluding hydrogens is 235 g/mol. The Morgan fingerprint density at radius 3 is 2.12 bits per heavy atom. The number of benzene rings is 1. The lowest BCUT2D eigenvalue weighted by atomic mass is 10.1. The molecule has 17 heavy (non-hydrogen) atoms. The van der Waals surface area contributed by atoms with Gasteiger partial charge in [-0.15, -0.1) is 0 Å². The maximum absolute atomic E-state index is 12.7. The second kappa shape index (κ2) is 5.67. The molecule has 0 bridgehead atoms. The maximum Gasteiger partial charge on any atom is 0.394 e. The molecule has 0 amide bonds. The lowest BCUT2D eigenvalue weighted by molar-refractivity contribution is 0.352. The van der Waals surface area contributed by atoms with Crippen LogP contribution in [0.2, 0.25) is 0 Å². The Morgan fingerprint density at radius 1 is 1.12 bits per heavy atom. The van der Waals surface area contributed by atoms with E-state index in [0.29, 0.717) is 5.75 Å². The Balaban J connectivity index is 3.07. The van der Waals surface area contributed by atoms with Gasteiger partial charge in [-0.2, -0.15) is 0 Å². The van der Waals surface area contributed by atoms with Crippen LogP contribution in [0.5, 0.6) is 5.75 Å². The van der Waals surface area contributed by atoms with E-state index in [1.54, 1.807) is 37.5 Å². The number of rotatable bonds is 5. The molecule has 1 rings (SSSR count). The van der Waals surface area contributed by atoms with Gasteiger partial charge in [0.15, 0.2) is 0 Å². The molecule has 0 saturated heterocycles. The summed E-state index contributed by atoms with van der Waals surface area (Å²) in [7, 11) is 4.08. The third-order valence-corrected chi connectivity index (χ3v) is 5.04. The largest absolute Gasteiger partial charge is 0.422 e. The zero-order valence-electron chi connectivity index (χ0n) is 11.2. The van der Waals surface area contributed by atoms with E-state index in [1.165, 1.54) is 0 Å². The van der Waals surface area contributed by atoms with Crippen LogP contribution in [-0.2, 0) is 11.0 Å². The summed E-state index contributed by atoms with van der Waals surface area (Å²) in [5.74, 6) is 0.695. The minimum Gasteiger partial charge on any atom is -0.422 e. The maximum atomic E-state index is 12.7. The first-order chi connectivity index (χ1) is 7.91. The molecule has 0 heterocycles. The predicted molar refractivity (Wildman–Crippen MR) is 71.4 cm³/mol. The highest BCUT2D eigenvalue weighted by Gasteiger charge is 2.31. The number of aryl methyl sites for hydroxylation is 1. The van der Waals surface area contributed by atoms with Crippen LogP contribution >= 0.6 is 7.67 Å². The van der Waals surface area contributed by atoms with Gasteiger partial charge in [0, 0.05) is 0 Å². The second-order valence-electron chi connectivity index (χ2n) is 4.24. The van der Waals surface area contributed by atoms with Crippen molar-refractivity contribution in [3.8, 4) is 5.75 Å². The van der Waals surface area contributed by atoms with Gasteiger partial charge >= 0.3 is 7.67 Å². The molecule has 0 fully saturated rings. The second-order valence-corrected chi connectivity index (χ2v) is 7.00. The zero-order chi connectivity index (χ0) is 13.1. The molecular formula is C12H21N2O2P. The highest BCUT2D eigenvalue weighted by molar-refractivity contribution is 7.54. The Hall–Kier alpha value is -0.830. The fourth-order valence-corrected chi connectivity index (χ4v) is 3.01. The first kappa shape index (κ1) is 14.2. The highest BCUT2D eigenvalue weighted by Crippen LogP contribution is 2.51. The summed E-state index contributed by atoms with van der Waals surface area (Å²) in [4.78, 5) is 0. The molecule has 0 aliphatic carbocycles. The van der Waals surface area contributed by atoms with Crippen molar-refractivity contribution in [2.24, 2.45) is 0 Å². The van der Waals surface area contributed by atoms with Gasteiger partial charge in [0.05, 0.1) is 0 Å². The summed E-state index contributed by atoms with van der Waals surface area (Å²) >= 11 is 0. The average Bonchev–Trinajstić information content (AvgIpc) is 2.29. The van der Waals surface area contributed by atoms with Gasteiger partial charge in [-0.05, 0) is 46.2 Å². The Labute approximate surface area is 104 Å². The van der Waals surface area contributed by atoms with Gasteiger partial charge < -0.3 is 4.52 Å². The van der Waals surface area contributed by atoms with Crippen LogP contribution in [0.4, 0.5) is 0 Å². The number of hydrogen-bond donors (Lipinski definition) is 0.